The number of para-hydroxylation sites is 2. The Morgan fingerprint density at radius 2 is 0.852 bits per heavy atom. The topological polar surface area (TPSA) is 52.0 Å². The van der Waals surface area contributed by atoms with Crippen LogP contribution in [-0.2, 0) is 0 Å². The maximum atomic E-state index is 6.25. The normalized spacial score (nSPS) is 14.5. The summed E-state index contributed by atoms with van der Waals surface area (Å²) in [6.45, 7) is 0. The molecule has 27 heavy (non-hydrogen) atoms. The summed E-state index contributed by atoms with van der Waals surface area (Å²) < 4.78 is 0.549. The van der Waals surface area contributed by atoms with E-state index >= 15 is 0 Å². The molecule has 2 heterocycles. The van der Waals surface area contributed by atoms with Crippen LogP contribution < -0.4 is 16.0 Å². The molecule has 0 aromatic heterocycles. The fraction of sp³-hybridized carbons (Fsp3) is 0. The molecule has 0 saturated heterocycles. The highest BCUT2D eigenvalue weighted by Gasteiger charge is 2.53. The van der Waals surface area contributed by atoms with Crippen LogP contribution in [0.25, 0.3) is 22.3 Å². The summed E-state index contributed by atoms with van der Waals surface area (Å²) in [5.41, 5.74) is 23.9. The minimum Gasteiger partial charge on any atom is -0.399 e. The van der Waals surface area contributed by atoms with Gasteiger partial charge in [0, 0.05) is 35.6 Å². The number of quaternary nitrogens is 1. The van der Waals surface area contributed by atoms with E-state index in [9.17, 15) is 0 Å². The molecule has 2 aliphatic heterocycles. The van der Waals surface area contributed by atoms with Crippen LogP contribution in [0.1, 0.15) is 0 Å². The maximum absolute atomic E-state index is 6.25. The van der Waals surface area contributed by atoms with E-state index in [2.05, 4.69) is 72.8 Å². The summed E-state index contributed by atoms with van der Waals surface area (Å²) in [4.78, 5) is 0. The van der Waals surface area contributed by atoms with Gasteiger partial charge in [-0.3, -0.25) is 0 Å². The molecule has 0 saturated carbocycles. The minimum absolute atomic E-state index is 0.549. The van der Waals surface area contributed by atoms with Crippen LogP contribution in [0, 0.1) is 0 Å². The van der Waals surface area contributed by atoms with Gasteiger partial charge in [-0.2, -0.15) is 4.48 Å². The van der Waals surface area contributed by atoms with Crippen molar-refractivity contribution >= 4 is 34.1 Å². The van der Waals surface area contributed by atoms with Crippen LogP contribution in [0.4, 0.5) is 34.1 Å². The highest BCUT2D eigenvalue weighted by molar-refractivity contribution is 6.11. The molecule has 0 aliphatic carbocycles. The molecule has 6 rings (SSSR count). The van der Waals surface area contributed by atoms with Crippen molar-refractivity contribution in [3.63, 3.8) is 0 Å². The standard InChI is InChI=1S/C24H18N3/c25-15-9-11-19-17-5-1-3-7-21(17)27(23(19)13-15)22-8-4-2-6-18(22)20-12-10-16(26)14-24(20)27/h1-14H,25-26H2/q+1. The van der Waals surface area contributed by atoms with Crippen molar-refractivity contribution in [1.29, 1.82) is 0 Å². The zero-order chi connectivity index (χ0) is 18.2. The predicted molar refractivity (Wildman–Crippen MR) is 113 cm³/mol. The van der Waals surface area contributed by atoms with Crippen molar-refractivity contribution in [2.24, 2.45) is 0 Å². The summed E-state index contributed by atoms with van der Waals surface area (Å²) in [7, 11) is 0. The first-order valence-corrected chi connectivity index (χ1v) is 9.10. The van der Waals surface area contributed by atoms with E-state index in [1.165, 1.54) is 45.0 Å². The van der Waals surface area contributed by atoms with E-state index in [1.54, 1.807) is 0 Å². The van der Waals surface area contributed by atoms with E-state index in [1.807, 2.05) is 12.1 Å². The third-order valence-electron chi connectivity index (χ3n) is 5.88. The lowest BCUT2D eigenvalue weighted by molar-refractivity contribution is 0.740. The summed E-state index contributed by atoms with van der Waals surface area (Å²) >= 11 is 0. The quantitative estimate of drug-likeness (QED) is 0.257. The highest BCUT2D eigenvalue weighted by Crippen LogP contribution is 2.69. The van der Waals surface area contributed by atoms with Gasteiger partial charge in [-0.05, 0) is 36.4 Å². The SMILES string of the molecule is Nc1ccc2c(c1)[N+]1(c3ccccc3-2)c2ccccc2-c2ccc(N)cc21. The number of benzene rings is 4. The lowest BCUT2D eigenvalue weighted by Gasteiger charge is -2.31. The van der Waals surface area contributed by atoms with Crippen molar-refractivity contribution in [2.45, 2.75) is 0 Å². The van der Waals surface area contributed by atoms with Crippen molar-refractivity contribution in [1.82, 2.24) is 4.48 Å². The van der Waals surface area contributed by atoms with Gasteiger partial charge in [0.05, 0.1) is 22.3 Å². The van der Waals surface area contributed by atoms with Crippen LogP contribution in [0.5, 0.6) is 0 Å². The molecular weight excluding hydrogens is 330 g/mol. The number of hydrogen-bond acceptors (Lipinski definition) is 2. The van der Waals surface area contributed by atoms with E-state index < -0.39 is 0 Å². The molecule has 3 nitrogen and oxygen atoms in total. The van der Waals surface area contributed by atoms with Crippen molar-refractivity contribution in [3.8, 4) is 22.3 Å². The second kappa shape index (κ2) is 4.78. The number of fused-ring (bicyclic) bond motifs is 10. The molecular formula is C24H18N3+. The van der Waals surface area contributed by atoms with Crippen molar-refractivity contribution < 1.29 is 0 Å². The summed E-state index contributed by atoms with van der Waals surface area (Å²) in [6.07, 6.45) is 0. The first kappa shape index (κ1) is 14.6. The zero-order valence-electron chi connectivity index (χ0n) is 14.7. The molecule has 0 unspecified atom stereocenters. The minimum atomic E-state index is 0.549. The van der Waals surface area contributed by atoms with Crippen LogP contribution in [0.2, 0.25) is 0 Å². The number of nitrogens with two attached hydrogens (primary N) is 2. The van der Waals surface area contributed by atoms with Gasteiger partial charge in [-0.15, -0.1) is 0 Å². The van der Waals surface area contributed by atoms with Crippen molar-refractivity contribution in [2.75, 3.05) is 11.5 Å². The Morgan fingerprint density at radius 1 is 0.444 bits per heavy atom. The van der Waals surface area contributed by atoms with Crippen LogP contribution in [0.15, 0.2) is 84.9 Å². The Labute approximate surface area is 157 Å². The fourth-order valence-electron chi connectivity index (χ4n) is 4.87. The number of anilines is 2. The number of nitrogen functional groups attached to an aromatic ring is 2. The van der Waals surface area contributed by atoms with Gasteiger partial charge in [0.2, 0.25) is 0 Å². The van der Waals surface area contributed by atoms with Gasteiger partial charge in [0.15, 0.2) is 22.7 Å². The molecule has 0 atom stereocenters. The molecule has 4 aromatic rings. The lowest BCUT2D eigenvalue weighted by Crippen LogP contribution is -2.29. The Balaban J connectivity index is 1.88. The summed E-state index contributed by atoms with van der Waals surface area (Å²) in [5, 5.41) is 0. The molecule has 4 aromatic carbocycles. The molecule has 4 N–H and O–H groups in total. The maximum Gasteiger partial charge on any atom is 0.158 e. The first-order valence-electron chi connectivity index (χ1n) is 9.10. The smallest absolute Gasteiger partial charge is 0.158 e. The number of rotatable bonds is 0. The van der Waals surface area contributed by atoms with Crippen LogP contribution in [-0.4, -0.2) is 0 Å². The van der Waals surface area contributed by atoms with E-state index in [0.29, 0.717) is 4.48 Å². The zero-order valence-corrected chi connectivity index (χ0v) is 14.7. The Bertz CT molecular complexity index is 1160. The van der Waals surface area contributed by atoms with Gasteiger partial charge < -0.3 is 11.5 Å². The second-order valence-corrected chi connectivity index (χ2v) is 7.26. The Kier molecular flexibility index (Phi) is 2.59. The number of hydrogen-bond donors (Lipinski definition) is 2. The van der Waals surface area contributed by atoms with Gasteiger partial charge in [0.25, 0.3) is 0 Å². The van der Waals surface area contributed by atoms with Gasteiger partial charge >= 0.3 is 0 Å². The number of nitrogens with zero attached hydrogens (tertiary/aromatic N) is 1. The second-order valence-electron chi connectivity index (χ2n) is 7.26. The average Bonchev–Trinajstić information content (AvgIpc) is 3.14. The largest absolute Gasteiger partial charge is 0.399 e. The fourth-order valence-corrected chi connectivity index (χ4v) is 4.87. The average molecular weight is 348 g/mol. The Hall–Kier alpha value is -3.56. The van der Waals surface area contributed by atoms with Gasteiger partial charge in [-0.25, -0.2) is 0 Å². The molecule has 1 spiro atoms. The summed E-state index contributed by atoms with van der Waals surface area (Å²) in [5.74, 6) is 0. The molecule has 0 radical (unpaired) electrons. The monoisotopic (exact) mass is 348 g/mol. The summed E-state index contributed by atoms with van der Waals surface area (Å²) in [6, 6.07) is 29.8. The van der Waals surface area contributed by atoms with Crippen molar-refractivity contribution in [3.05, 3.63) is 84.9 Å². The molecule has 0 bridgehead atoms. The van der Waals surface area contributed by atoms with E-state index in [-0.39, 0.29) is 0 Å². The molecule has 3 heteroatoms. The van der Waals surface area contributed by atoms with Crippen LogP contribution in [0.3, 0.4) is 0 Å². The third kappa shape index (κ3) is 1.60. The first-order chi connectivity index (χ1) is 13.2. The highest BCUT2D eigenvalue weighted by atomic mass is 15.4. The molecule has 0 fully saturated rings. The van der Waals surface area contributed by atoms with E-state index in [4.69, 9.17) is 11.5 Å². The van der Waals surface area contributed by atoms with Crippen LogP contribution >= 0.6 is 0 Å². The van der Waals surface area contributed by atoms with Gasteiger partial charge in [0.1, 0.15) is 0 Å². The van der Waals surface area contributed by atoms with Gasteiger partial charge in [-0.1, -0.05) is 24.3 Å². The molecule has 128 valence electrons. The molecule has 2 aliphatic rings. The predicted octanol–water partition coefficient (Wildman–Crippen LogP) is 6.11. The van der Waals surface area contributed by atoms with E-state index in [0.717, 1.165) is 11.4 Å². The lowest BCUT2D eigenvalue weighted by atomic mass is 10.1. The Morgan fingerprint density at radius 3 is 1.33 bits per heavy atom. The third-order valence-corrected chi connectivity index (χ3v) is 5.88. The molecule has 0 amide bonds.